The number of likely N-dealkylation sites (tertiary alicyclic amines) is 1. The average Bonchev–Trinajstić information content (AvgIpc) is 2.46. The molecule has 20 heavy (non-hydrogen) atoms. The molecule has 0 amide bonds. The molecule has 1 aromatic carbocycles. The van der Waals surface area contributed by atoms with Gasteiger partial charge in [0, 0.05) is 6.54 Å². The van der Waals surface area contributed by atoms with Gasteiger partial charge in [0.1, 0.15) is 0 Å². The van der Waals surface area contributed by atoms with Crippen LogP contribution in [0.2, 0.25) is 0 Å². The molecule has 0 aromatic heterocycles. The zero-order chi connectivity index (χ0) is 14.2. The third-order valence-electron chi connectivity index (χ3n) is 3.87. The van der Waals surface area contributed by atoms with E-state index in [2.05, 4.69) is 39.4 Å². The molecular weight excluding hydrogens is 274 g/mol. The second kappa shape index (κ2) is 8.52. The van der Waals surface area contributed by atoms with Gasteiger partial charge in [0.15, 0.2) is 0 Å². The molecule has 5 heteroatoms. The Morgan fingerprint density at radius 3 is 2.60 bits per heavy atom. The van der Waals surface area contributed by atoms with Gasteiger partial charge < -0.3 is 13.6 Å². The first-order chi connectivity index (χ1) is 9.74. The van der Waals surface area contributed by atoms with Crippen LogP contribution in [0.15, 0.2) is 30.3 Å². The van der Waals surface area contributed by atoms with Crippen LogP contribution in [-0.2, 0) is 22.0 Å². The van der Waals surface area contributed by atoms with E-state index in [0.717, 1.165) is 32.0 Å². The van der Waals surface area contributed by atoms with Crippen LogP contribution in [0.4, 0.5) is 0 Å². The molecule has 1 aromatic rings. The molecule has 112 valence electrons. The summed E-state index contributed by atoms with van der Waals surface area (Å²) in [5.74, 6) is 0.777. The lowest BCUT2D eigenvalue weighted by Gasteiger charge is -2.32. The quantitative estimate of drug-likeness (QED) is 0.571. The van der Waals surface area contributed by atoms with Crippen molar-refractivity contribution < 1.29 is 12.9 Å². The summed E-state index contributed by atoms with van der Waals surface area (Å²) in [5, 5.41) is 0. The van der Waals surface area contributed by atoms with Gasteiger partial charge in [-0.2, -0.15) is 0 Å². The minimum absolute atomic E-state index is 0.292. The SMILES string of the molecule is O=S([O-])OCCCN1CCC(Cc2ccccc2)CC1. The summed E-state index contributed by atoms with van der Waals surface area (Å²) in [7, 11) is 0. The number of hydrogen-bond donors (Lipinski definition) is 0. The van der Waals surface area contributed by atoms with Crippen LogP contribution in [0.5, 0.6) is 0 Å². The van der Waals surface area contributed by atoms with Gasteiger partial charge in [-0.3, -0.25) is 0 Å². The van der Waals surface area contributed by atoms with Gasteiger partial charge in [-0.1, -0.05) is 30.3 Å². The van der Waals surface area contributed by atoms with Crippen molar-refractivity contribution in [3.8, 4) is 0 Å². The van der Waals surface area contributed by atoms with E-state index < -0.39 is 11.4 Å². The van der Waals surface area contributed by atoms with Crippen molar-refractivity contribution in [2.75, 3.05) is 26.2 Å². The van der Waals surface area contributed by atoms with Gasteiger partial charge in [0.2, 0.25) is 0 Å². The summed E-state index contributed by atoms with van der Waals surface area (Å²) < 4.78 is 25.0. The zero-order valence-electron chi connectivity index (χ0n) is 11.7. The molecule has 0 spiro atoms. The zero-order valence-corrected chi connectivity index (χ0v) is 12.5. The molecule has 1 aliphatic heterocycles. The Labute approximate surface area is 123 Å². The van der Waals surface area contributed by atoms with Gasteiger partial charge in [-0.25, -0.2) is 4.21 Å². The van der Waals surface area contributed by atoms with Gasteiger partial charge >= 0.3 is 0 Å². The summed E-state index contributed by atoms with van der Waals surface area (Å²) in [6, 6.07) is 10.7. The van der Waals surface area contributed by atoms with Crippen LogP contribution in [0.1, 0.15) is 24.8 Å². The lowest BCUT2D eigenvalue weighted by atomic mass is 9.90. The molecule has 0 radical (unpaired) electrons. The Morgan fingerprint density at radius 2 is 1.95 bits per heavy atom. The molecule has 4 nitrogen and oxygen atoms in total. The Balaban J connectivity index is 1.61. The fourth-order valence-corrected chi connectivity index (χ4v) is 3.03. The standard InChI is InChI=1S/C15H23NO3S/c17-20(18)19-12-4-9-16-10-7-15(8-11-16)13-14-5-2-1-3-6-14/h1-3,5-6,15H,4,7-13H2,(H,17,18)/p-1. The van der Waals surface area contributed by atoms with Gasteiger partial charge in [-0.05, 0) is 50.3 Å². The fourth-order valence-electron chi connectivity index (χ4n) is 2.78. The second-order valence-corrected chi connectivity index (χ2v) is 6.00. The Morgan fingerprint density at radius 1 is 1.25 bits per heavy atom. The summed E-state index contributed by atoms with van der Waals surface area (Å²) >= 11 is -2.37. The normalized spacial score (nSPS) is 19.1. The highest BCUT2D eigenvalue weighted by Gasteiger charge is 2.18. The van der Waals surface area contributed by atoms with E-state index in [1.165, 1.54) is 24.8 Å². The van der Waals surface area contributed by atoms with Crippen molar-refractivity contribution in [1.29, 1.82) is 0 Å². The van der Waals surface area contributed by atoms with Crippen LogP contribution >= 0.6 is 0 Å². The predicted octanol–water partition coefficient (Wildman–Crippen LogP) is 2.14. The Hall–Kier alpha value is -0.750. The fraction of sp³-hybridized carbons (Fsp3) is 0.600. The van der Waals surface area contributed by atoms with E-state index in [1.54, 1.807) is 0 Å². The molecule has 1 atom stereocenters. The smallest absolute Gasteiger partial charge is 0.0842 e. The first-order valence-electron chi connectivity index (χ1n) is 7.23. The lowest BCUT2D eigenvalue weighted by Crippen LogP contribution is -2.35. The molecule has 1 unspecified atom stereocenters. The number of piperidine rings is 1. The molecule has 1 saturated heterocycles. The van der Waals surface area contributed by atoms with E-state index in [4.69, 9.17) is 0 Å². The minimum Gasteiger partial charge on any atom is -0.750 e. The molecule has 0 aliphatic carbocycles. The van der Waals surface area contributed by atoms with Crippen LogP contribution in [0, 0.1) is 5.92 Å². The van der Waals surface area contributed by atoms with Crippen molar-refractivity contribution in [2.24, 2.45) is 5.92 Å². The predicted molar refractivity (Wildman–Crippen MR) is 78.8 cm³/mol. The maximum absolute atomic E-state index is 10.2. The topological polar surface area (TPSA) is 52.6 Å². The number of nitrogens with zero attached hydrogens (tertiary/aromatic N) is 1. The Bertz CT molecular complexity index is 405. The molecule has 0 saturated carbocycles. The van der Waals surface area contributed by atoms with Gasteiger partial charge in [0.25, 0.3) is 0 Å². The molecule has 2 rings (SSSR count). The van der Waals surface area contributed by atoms with Gasteiger partial charge in [-0.15, -0.1) is 0 Å². The van der Waals surface area contributed by atoms with Crippen LogP contribution in [0.25, 0.3) is 0 Å². The van der Waals surface area contributed by atoms with E-state index in [-0.39, 0.29) is 0 Å². The van der Waals surface area contributed by atoms with Crippen molar-refractivity contribution >= 4 is 11.4 Å². The highest BCUT2D eigenvalue weighted by atomic mass is 32.2. The molecule has 0 bridgehead atoms. The number of hydrogen-bond acceptors (Lipinski definition) is 4. The van der Waals surface area contributed by atoms with E-state index in [9.17, 15) is 8.76 Å². The molecular formula is C15H22NO3S-. The number of benzene rings is 1. The average molecular weight is 296 g/mol. The van der Waals surface area contributed by atoms with E-state index in [1.807, 2.05) is 0 Å². The summed E-state index contributed by atoms with van der Waals surface area (Å²) in [6.45, 7) is 3.44. The number of rotatable bonds is 7. The maximum atomic E-state index is 10.2. The van der Waals surface area contributed by atoms with Crippen LogP contribution in [0.3, 0.4) is 0 Å². The van der Waals surface area contributed by atoms with Crippen molar-refractivity contribution in [3.05, 3.63) is 35.9 Å². The summed E-state index contributed by atoms with van der Waals surface area (Å²) in [4.78, 5) is 2.40. The van der Waals surface area contributed by atoms with E-state index >= 15 is 0 Å². The van der Waals surface area contributed by atoms with E-state index in [0.29, 0.717) is 6.61 Å². The van der Waals surface area contributed by atoms with Crippen molar-refractivity contribution in [1.82, 2.24) is 4.90 Å². The summed E-state index contributed by atoms with van der Waals surface area (Å²) in [5.41, 5.74) is 1.43. The Kier molecular flexibility index (Phi) is 6.66. The van der Waals surface area contributed by atoms with Crippen molar-refractivity contribution in [2.45, 2.75) is 25.7 Å². The third kappa shape index (κ3) is 5.71. The maximum Gasteiger partial charge on any atom is 0.0842 e. The largest absolute Gasteiger partial charge is 0.750 e. The molecule has 1 heterocycles. The van der Waals surface area contributed by atoms with Crippen molar-refractivity contribution in [3.63, 3.8) is 0 Å². The van der Waals surface area contributed by atoms with Crippen LogP contribution < -0.4 is 0 Å². The molecule has 1 aliphatic rings. The monoisotopic (exact) mass is 296 g/mol. The van der Waals surface area contributed by atoms with Crippen LogP contribution in [-0.4, -0.2) is 39.9 Å². The third-order valence-corrected chi connectivity index (χ3v) is 4.23. The lowest BCUT2D eigenvalue weighted by molar-refractivity contribution is 0.171. The highest BCUT2D eigenvalue weighted by molar-refractivity contribution is 7.74. The minimum atomic E-state index is -2.37. The highest BCUT2D eigenvalue weighted by Crippen LogP contribution is 2.21. The molecule has 1 fully saturated rings. The first-order valence-corrected chi connectivity index (χ1v) is 8.23. The first kappa shape index (κ1) is 15.6. The second-order valence-electron chi connectivity index (χ2n) is 5.35. The summed E-state index contributed by atoms with van der Waals surface area (Å²) in [6.07, 6.45) is 4.40. The molecule has 0 N–H and O–H groups in total. The van der Waals surface area contributed by atoms with Gasteiger partial charge in [0.05, 0.1) is 18.0 Å².